The van der Waals surface area contributed by atoms with E-state index in [-0.39, 0.29) is 6.54 Å². The molecule has 0 saturated carbocycles. The van der Waals surface area contributed by atoms with Gasteiger partial charge >= 0.3 is 35.3 Å². The molecule has 2 rings (SSSR count). The van der Waals surface area contributed by atoms with Crippen LogP contribution in [0, 0.1) is 0 Å². The Balaban J connectivity index is 0.00000114. The van der Waals surface area contributed by atoms with Gasteiger partial charge in [-0.05, 0) is 12.1 Å². The Labute approximate surface area is 178 Å². The van der Waals surface area contributed by atoms with Crippen molar-refractivity contribution in [1.82, 2.24) is 4.72 Å². The van der Waals surface area contributed by atoms with Crippen LogP contribution in [0.25, 0.3) is 21.8 Å². The van der Waals surface area contributed by atoms with Gasteiger partial charge in [0.25, 0.3) is 0 Å². The first kappa shape index (κ1) is 24.6. The fourth-order valence-corrected chi connectivity index (χ4v) is 3.85. The molecule has 0 amide bonds. The van der Waals surface area contributed by atoms with Crippen LogP contribution in [0.3, 0.4) is 0 Å². The molecule has 2 aromatic carbocycles. The van der Waals surface area contributed by atoms with E-state index in [4.69, 9.17) is 24.6 Å². The van der Waals surface area contributed by atoms with Gasteiger partial charge in [-0.25, -0.2) is 13.1 Å². The van der Waals surface area contributed by atoms with Gasteiger partial charge in [-0.1, -0.05) is 30.7 Å². The third-order valence-electron chi connectivity index (χ3n) is 3.69. The Morgan fingerprint density at radius 3 is 2.37 bits per heavy atom. The number of hydrogen-bond acceptors (Lipinski definition) is 3. The van der Waals surface area contributed by atoms with Crippen molar-refractivity contribution in [2.45, 2.75) is 11.3 Å². The van der Waals surface area contributed by atoms with Crippen molar-refractivity contribution in [2.75, 3.05) is 45.2 Å². The SMILES string of the molecule is CN(C)c1cccc2c(S(=O)(=O)NCCC[N-]CC[NH-])cccc12.[Cl][Pt+2][Cl]. The number of rotatable bonds is 9. The Kier molecular flexibility index (Phi) is 11.8. The average molecular weight is 614 g/mol. The van der Waals surface area contributed by atoms with Gasteiger partial charge < -0.3 is 16.0 Å². The molecule has 0 aliphatic heterocycles. The minimum atomic E-state index is -3.57. The number of sulfonamides is 1. The van der Waals surface area contributed by atoms with E-state index in [2.05, 4.69) is 10.0 Å². The van der Waals surface area contributed by atoms with Crippen LogP contribution in [0.15, 0.2) is 41.3 Å². The van der Waals surface area contributed by atoms with E-state index in [0.29, 0.717) is 31.0 Å². The van der Waals surface area contributed by atoms with Crippen LogP contribution in [-0.4, -0.2) is 48.7 Å². The summed E-state index contributed by atoms with van der Waals surface area (Å²) in [5, 5.41) is 5.77. The first-order chi connectivity index (χ1) is 12.9. The molecule has 0 spiro atoms. The Hall–Kier alpha value is -0.402. The number of fused-ring (bicyclic) bond motifs is 1. The normalized spacial score (nSPS) is 11.3. The van der Waals surface area contributed by atoms with Crippen LogP contribution in [0.1, 0.15) is 6.42 Å². The van der Waals surface area contributed by atoms with Gasteiger partial charge in [0.1, 0.15) is 0 Å². The van der Waals surface area contributed by atoms with Crippen molar-refractivity contribution < 1.29 is 24.9 Å². The molecular formula is C17H24Cl2N4O2PtS. The molecule has 0 heterocycles. The molecule has 2 N–H and O–H groups in total. The number of hydrogen-bond donors (Lipinski definition) is 1. The molecular weight excluding hydrogens is 590 g/mol. The molecule has 0 fully saturated rings. The first-order valence-corrected chi connectivity index (χ1v) is 15.3. The zero-order valence-electron chi connectivity index (χ0n) is 15.2. The first-order valence-electron chi connectivity index (χ1n) is 8.18. The van der Waals surface area contributed by atoms with Crippen LogP contribution in [0.5, 0.6) is 0 Å². The van der Waals surface area contributed by atoms with Gasteiger partial charge in [-0.15, -0.1) is 6.54 Å². The van der Waals surface area contributed by atoms with Crippen LogP contribution in [0.2, 0.25) is 0 Å². The Bertz CT molecular complexity index is 807. The summed E-state index contributed by atoms with van der Waals surface area (Å²) in [6.45, 7) is 1.69. The molecule has 0 bridgehead atoms. The monoisotopic (exact) mass is 613 g/mol. The average Bonchev–Trinajstić information content (AvgIpc) is 2.64. The second-order valence-corrected chi connectivity index (χ2v) is 10.8. The number of anilines is 1. The van der Waals surface area contributed by atoms with E-state index in [1.807, 2.05) is 43.3 Å². The van der Waals surface area contributed by atoms with Crippen molar-refractivity contribution in [3.63, 3.8) is 0 Å². The zero-order valence-corrected chi connectivity index (χ0v) is 19.8. The summed E-state index contributed by atoms with van der Waals surface area (Å²) >= 11 is -0.472. The number of nitrogens with one attached hydrogen (secondary N) is 2. The minimum absolute atomic E-state index is 0.274. The summed E-state index contributed by atoms with van der Waals surface area (Å²) in [5.41, 5.74) is 7.99. The fourth-order valence-electron chi connectivity index (χ4n) is 2.55. The second kappa shape index (κ2) is 12.9. The molecule has 10 heteroatoms. The topological polar surface area (TPSA) is 87.3 Å². The summed E-state index contributed by atoms with van der Waals surface area (Å²) in [5.74, 6) is 0. The number of nitrogens with zero attached hydrogens (tertiary/aromatic N) is 2. The van der Waals surface area contributed by atoms with E-state index < -0.39 is 26.5 Å². The van der Waals surface area contributed by atoms with E-state index in [1.165, 1.54) is 0 Å². The molecule has 0 saturated heterocycles. The third kappa shape index (κ3) is 7.86. The maximum atomic E-state index is 12.6. The van der Waals surface area contributed by atoms with Crippen LogP contribution in [0.4, 0.5) is 5.69 Å². The number of halogens is 2. The molecule has 0 aromatic heterocycles. The molecule has 2 aromatic rings. The van der Waals surface area contributed by atoms with Gasteiger partial charge in [-0.3, -0.25) is 0 Å². The van der Waals surface area contributed by atoms with E-state index in [9.17, 15) is 8.42 Å². The summed E-state index contributed by atoms with van der Waals surface area (Å²) < 4.78 is 27.9. The molecule has 0 unspecified atom stereocenters. The van der Waals surface area contributed by atoms with Crippen LogP contribution >= 0.6 is 18.8 Å². The predicted octanol–water partition coefficient (Wildman–Crippen LogP) is 4.38. The quantitative estimate of drug-likeness (QED) is 0.426. The molecule has 0 aliphatic carbocycles. The van der Waals surface area contributed by atoms with E-state index in [1.54, 1.807) is 12.1 Å². The standard InChI is InChI=1S/C17H24N4O2S.2ClH.Pt/c1-21(2)16-8-3-7-15-14(16)6-4-9-17(15)24(22,23)20-12-5-11-19-13-10-18;;;/h3-4,6-9,18,20H,5,10-13H2,1-2H3;2*1H;/q-2;;;+4/p-2. The second-order valence-electron chi connectivity index (χ2n) is 5.74. The molecule has 6 nitrogen and oxygen atoms in total. The fraction of sp³-hybridized carbons (Fsp3) is 0.412. The zero-order chi connectivity index (χ0) is 20.3. The summed E-state index contributed by atoms with van der Waals surface area (Å²) in [7, 11) is 10.1. The molecule has 27 heavy (non-hydrogen) atoms. The summed E-state index contributed by atoms with van der Waals surface area (Å²) in [6.07, 6.45) is 0.632. The van der Waals surface area contributed by atoms with E-state index in [0.717, 1.165) is 16.5 Å². The maximum absolute atomic E-state index is 12.6. The van der Waals surface area contributed by atoms with Gasteiger partial charge in [0.05, 0.1) is 4.90 Å². The number of benzene rings is 2. The summed E-state index contributed by atoms with van der Waals surface area (Å²) in [6, 6.07) is 11.0. The molecule has 0 radical (unpaired) electrons. The predicted molar refractivity (Wildman–Crippen MR) is 112 cm³/mol. The van der Waals surface area contributed by atoms with Crippen molar-refractivity contribution >= 4 is 45.3 Å². The molecule has 154 valence electrons. The van der Waals surface area contributed by atoms with Crippen LogP contribution < -0.4 is 9.62 Å². The van der Waals surface area contributed by atoms with Crippen molar-refractivity contribution in [2.24, 2.45) is 0 Å². The van der Waals surface area contributed by atoms with Gasteiger partial charge in [-0.2, -0.15) is 13.1 Å². The molecule has 0 atom stereocenters. The Morgan fingerprint density at radius 1 is 1.11 bits per heavy atom. The molecule has 0 aliphatic rings. The van der Waals surface area contributed by atoms with E-state index >= 15 is 0 Å². The van der Waals surface area contributed by atoms with Gasteiger partial charge in [0, 0.05) is 37.1 Å². The Morgan fingerprint density at radius 2 is 1.74 bits per heavy atom. The van der Waals surface area contributed by atoms with Crippen LogP contribution in [-0.2, 0) is 26.5 Å². The summed E-state index contributed by atoms with van der Waals surface area (Å²) in [4.78, 5) is 2.27. The van der Waals surface area contributed by atoms with Crippen molar-refractivity contribution in [3.05, 3.63) is 47.4 Å². The van der Waals surface area contributed by atoms with Gasteiger partial charge in [0.15, 0.2) is 0 Å². The third-order valence-corrected chi connectivity index (χ3v) is 5.20. The van der Waals surface area contributed by atoms with Gasteiger partial charge in [0.2, 0.25) is 10.0 Å². The van der Waals surface area contributed by atoms with Crippen molar-refractivity contribution in [3.8, 4) is 0 Å². The van der Waals surface area contributed by atoms with Crippen molar-refractivity contribution in [1.29, 1.82) is 0 Å².